The molecule has 18 heavy (non-hydrogen) atoms. The maximum absolute atomic E-state index is 5.61. The van der Waals surface area contributed by atoms with Gasteiger partial charge in [0.15, 0.2) is 4.77 Å². The van der Waals surface area contributed by atoms with E-state index in [0.717, 1.165) is 34.2 Å². The van der Waals surface area contributed by atoms with E-state index in [-0.39, 0.29) is 0 Å². The number of aromatic nitrogens is 2. The molecule has 1 aromatic heterocycles. The molecule has 0 unspecified atom stereocenters. The first-order valence-electron chi connectivity index (χ1n) is 6.20. The van der Waals surface area contributed by atoms with E-state index in [0.29, 0.717) is 12.1 Å². The summed E-state index contributed by atoms with van der Waals surface area (Å²) in [7, 11) is 0. The zero-order valence-electron chi connectivity index (χ0n) is 10.1. The van der Waals surface area contributed by atoms with Crippen LogP contribution in [0.15, 0.2) is 22.7 Å². The maximum atomic E-state index is 5.61. The number of hydrogen-bond donors (Lipinski definition) is 1. The molecule has 3 rings (SSSR count). The van der Waals surface area contributed by atoms with E-state index in [4.69, 9.17) is 17.0 Å². The summed E-state index contributed by atoms with van der Waals surface area (Å²) in [4.78, 5) is 3.27. The summed E-state index contributed by atoms with van der Waals surface area (Å²) in [5.74, 6) is 0. The lowest BCUT2D eigenvalue weighted by Crippen LogP contribution is -2.33. The van der Waals surface area contributed by atoms with Crippen LogP contribution in [0.2, 0.25) is 0 Å². The molecular formula is C13H15BrN2OS. The average molecular weight is 327 g/mol. The number of nitrogens with one attached hydrogen (secondary N) is 1. The second-order valence-electron chi connectivity index (χ2n) is 4.66. The van der Waals surface area contributed by atoms with Gasteiger partial charge in [-0.25, -0.2) is 0 Å². The van der Waals surface area contributed by atoms with Crippen molar-refractivity contribution in [3.8, 4) is 0 Å². The summed E-state index contributed by atoms with van der Waals surface area (Å²) >= 11 is 8.91. The zero-order chi connectivity index (χ0) is 12.7. The highest BCUT2D eigenvalue weighted by molar-refractivity contribution is 9.10. The molecule has 1 fully saturated rings. The number of H-pyrrole nitrogens is 1. The van der Waals surface area contributed by atoms with E-state index in [9.17, 15) is 0 Å². The molecule has 0 bridgehead atoms. The quantitative estimate of drug-likeness (QED) is 0.856. The van der Waals surface area contributed by atoms with Gasteiger partial charge in [0, 0.05) is 17.1 Å². The highest BCUT2D eigenvalue weighted by atomic mass is 79.9. The standard InChI is InChI=1S/C13H15BrN2OS/c1-2-17-10-6-9(7-10)16-12-4-3-8(14)5-11(12)15-13(16)18/h3-5,9-10H,2,6-7H2,1H3,(H,15,18). The van der Waals surface area contributed by atoms with Gasteiger partial charge in [0.1, 0.15) is 0 Å². The minimum absolute atomic E-state index is 0.405. The number of fused-ring (bicyclic) bond motifs is 1. The molecule has 0 spiro atoms. The van der Waals surface area contributed by atoms with Crippen LogP contribution in [-0.4, -0.2) is 22.3 Å². The van der Waals surface area contributed by atoms with E-state index in [1.54, 1.807) is 0 Å². The number of nitrogens with zero attached hydrogens (tertiary/aromatic N) is 1. The van der Waals surface area contributed by atoms with Crippen molar-refractivity contribution < 1.29 is 4.74 Å². The van der Waals surface area contributed by atoms with Crippen LogP contribution in [0.5, 0.6) is 0 Å². The van der Waals surface area contributed by atoms with Crippen molar-refractivity contribution >= 4 is 39.2 Å². The first-order valence-corrected chi connectivity index (χ1v) is 7.40. The largest absolute Gasteiger partial charge is 0.378 e. The smallest absolute Gasteiger partial charge is 0.178 e. The van der Waals surface area contributed by atoms with Crippen LogP contribution in [0.25, 0.3) is 11.0 Å². The van der Waals surface area contributed by atoms with Gasteiger partial charge in [-0.2, -0.15) is 0 Å². The lowest BCUT2D eigenvalue weighted by Gasteiger charge is -2.36. The number of halogens is 1. The van der Waals surface area contributed by atoms with Crippen LogP contribution in [0.1, 0.15) is 25.8 Å². The van der Waals surface area contributed by atoms with Crippen LogP contribution in [-0.2, 0) is 4.74 Å². The Labute approximate surface area is 119 Å². The summed E-state index contributed by atoms with van der Waals surface area (Å²) in [5, 5.41) is 0. The van der Waals surface area contributed by atoms with Gasteiger partial charge in [-0.1, -0.05) is 15.9 Å². The number of aromatic amines is 1. The van der Waals surface area contributed by atoms with Crippen molar-refractivity contribution in [1.29, 1.82) is 0 Å². The van der Waals surface area contributed by atoms with E-state index >= 15 is 0 Å². The molecule has 1 aliphatic carbocycles. The molecule has 0 saturated heterocycles. The predicted molar refractivity (Wildman–Crippen MR) is 78.5 cm³/mol. The second kappa shape index (κ2) is 4.79. The van der Waals surface area contributed by atoms with Crippen LogP contribution < -0.4 is 0 Å². The number of imidazole rings is 1. The summed E-state index contributed by atoms with van der Waals surface area (Å²) in [6, 6.07) is 6.71. The highest BCUT2D eigenvalue weighted by Crippen LogP contribution is 2.37. The molecule has 0 amide bonds. The fourth-order valence-electron chi connectivity index (χ4n) is 2.59. The third-order valence-corrected chi connectivity index (χ3v) is 4.31. The van der Waals surface area contributed by atoms with Gasteiger partial charge in [-0.3, -0.25) is 0 Å². The van der Waals surface area contributed by atoms with E-state index in [1.165, 1.54) is 5.52 Å². The monoisotopic (exact) mass is 326 g/mol. The SMILES string of the molecule is CCOC1CC(n2c(=S)[nH]c3cc(Br)ccc32)C1. The Bertz CT molecular complexity index is 627. The third kappa shape index (κ3) is 2.04. The maximum Gasteiger partial charge on any atom is 0.178 e. The molecule has 1 N–H and O–H groups in total. The van der Waals surface area contributed by atoms with Crippen LogP contribution in [0, 0.1) is 4.77 Å². The Morgan fingerprint density at radius 1 is 1.50 bits per heavy atom. The molecule has 1 heterocycles. The lowest BCUT2D eigenvalue weighted by atomic mass is 9.89. The molecule has 2 aromatic rings. The predicted octanol–water partition coefficient (Wildman–Crippen LogP) is 4.20. The molecule has 1 saturated carbocycles. The fourth-order valence-corrected chi connectivity index (χ4v) is 3.30. The van der Waals surface area contributed by atoms with E-state index in [2.05, 4.69) is 43.7 Å². The Morgan fingerprint density at radius 2 is 2.28 bits per heavy atom. The van der Waals surface area contributed by atoms with Gasteiger partial charge in [0.2, 0.25) is 0 Å². The average Bonchev–Trinajstić information content (AvgIpc) is 2.58. The van der Waals surface area contributed by atoms with Crippen molar-refractivity contribution in [2.24, 2.45) is 0 Å². The second-order valence-corrected chi connectivity index (χ2v) is 5.97. The summed E-state index contributed by atoms with van der Waals surface area (Å²) < 4.78 is 9.72. The third-order valence-electron chi connectivity index (χ3n) is 3.52. The minimum Gasteiger partial charge on any atom is -0.378 e. The number of ether oxygens (including phenoxy) is 1. The Morgan fingerprint density at radius 3 is 3.00 bits per heavy atom. The van der Waals surface area contributed by atoms with Crippen LogP contribution >= 0.6 is 28.1 Å². The fraction of sp³-hybridized carbons (Fsp3) is 0.462. The van der Waals surface area contributed by atoms with Crippen molar-refractivity contribution in [2.45, 2.75) is 31.9 Å². The van der Waals surface area contributed by atoms with Gasteiger partial charge in [0.05, 0.1) is 17.1 Å². The van der Waals surface area contributed by atoms with Gasteiger partial charge < -0.3 is 14.3 Å². The lowest BCUT2D eigenvalue weighted by molar-refractivity contribution is -0.0190. The summed E-state index contributed by atoms with van der Waals surface area (Å²) in [6.45, 7) is 2.84. The molecule has 0 radical (unpaired) electrons. The van der Waals surface area contributed by atoms with Gasteiger partial charge in [0.25, 0.3) is 0 Å². The van der Waals surface area contributed by atoms with E-state index in [1.807, 2.05) is 6.92 Å². The molecule has 1 aromatic carbocycles. The Hall–Kier alpha value is -0.650. The molecule has 1 aliphatic rings. The van der Waals surface area contributed by atoms with Crippen molar-refractivity contribution in [2.75, 3.05) is 6.61 Å². The molecule has 96 valence electrons. The molecular weight excluding hydrogens is 312 g/mol. The van der Waals surface area contributed by atoms with Crippen molar-refractivity contribution in [1.82, 2.24) is 9.55 Å². The molecule has 5 heteroatoms. The topological polar surface area (TPSA) is 29.9 Å². The number of rotatable bonds is 3. The van der Waals surface area contributed by atoms with Gasteiger partial charge in [-0.05, 0) is 50.2 Å². The summed E-state index contributed by atoms with van der Waals surface area (Å²) in [5.41, 5.74) is 2.28. The first kappa shape index (κ1) is 12.4. The minimum atomic E-state index is 0.405. The van der Waals surface area contributed by atoms with E-state index < -0.39 is 0 Å². The first-order chi connectivity index (χ1) is 8.69. The molecule has 3 nitrogen and oxygen atoms in total. The molecule has 0 aliphatic heterocycles. The number of benzene rings is 1. The molecule has 0 atom stereocenters. The number of hydrogen-bond acceptors (Lipinski definition) is 2. The van der Waals surface area contributed by atoms with Crippen molar-refractivity contribution in [3.05, 3.63) is 27.4 Å². The van der Waals surface area contributed by atoms with Crippen LogP contribution in [0.3, 0.4) is 0 Å². The van der Waals surface area contributed by atoms with Gasteiger partial charge in [-0.15, -0.1) is 0 Å². The zero-order valence-corrected chi connectivity index (χ0v) is 12.6. The normalized spacial score (nSPS) is 23.2. The van der Waals surface area contributed by atoms with Crippen LogP contribution in [0.4, 0.5) is 0 Å². The Kier molecular flexibility index (Phi) is 3.30. The van der Waals surface area contributed by atoms with Crippen molar-refractivity contribution in [3.63, 3.8) is 0 Å². The Balaban J connectivity index is 1.93. The highest BCUT2D eigenvalue weighted by Gasteiger charge is 2.32. The van der Waals surface area contributed by atoms with Gasteiger partial charge >= 0.3 is 0 Å². The summed E-state index contributed by atoms with van der Waals surface area (Å²) in [6.07, 6.45) is 2.53.